The summed E-state index contributed by atoms with van der Waals surface area (Å²) in [6.07, 6.45) is 1.47. The van der Waals surface area contributed by atoms with Crippen LogP contribution in [0.4, 0.5) is 0 Å². The number of ether oxygens (including phenoxy) is 2. The largest absolute Gasteiger partial charge is 0.464 e. The van der Waals surface area contributed by atoms with E-state index in [2.05, 4.69) is 10.3 Å². The van der Waals surface area contributed by atoms with Crippen LogP contribution in [0, 0.1) is 0 Å². The second-order valence-electron chi connectivity index (χ2n) is 4.17. The van der Waals surface area contributed by atoms with Crippen molar-refractivity contribution in [1.82, 2.24) is 10.3 Å². The zero-order valence-electron chi connectivity index (χ0n) is 12.2. The minimum absolute atomic E-state index is 0.0606. The Labute approximate surface area is 126 Å². The lowest BCUT2D eigenvalue weighted by molar-refractivity contribution is -0.167. The molecule has 0 aromatic carbocycles. The molecule has 1 heterocycles. The Hall–Kier alpha value is -1.96. The highest BCUT2D eigenvalue weighted by molar-refractivity contribution is 7.09. The van der Waals surface area contributed by atoms with E-state index < -0.39 is 23.4 Å². The highest BCUT2D eigenvalue weighted by Crippen LogP contribution is 2.21. The molecule has 0 radical (unpaired) electrons. The van der Waals surface area contributed by atoms with E-state index in [-0.39, 0.29) is 19.6 Å². The quantitative estimate of drug-likeness (QED) is 0.587. The number of esters is 2. The fourth-order valence-electron chi connectivity index (χ4n) is 1.77. The van der Waals surface area contributed by atoms with Crippen LogP contribution in [0.25, 0.3) is 0 Å². The summed E-state index contributed by atoms with van der Waals surface area (Å²) in [5.41, 5.74) is -0.311. The van der Waals surface area contributed by atoms with E-state index in [1.165, 1.54) is 24.5 Å². The maximum absolute atomic E-state index is 12.3. The highest BCUT2D eigenvalue weighted by Gasteiger charge is 2.50. The van der Waals surface area contributed by atoms with Crippen LogP contribution in [0.2, 0.25) is 0 Å². The van der Waals surface area contributed by atoms with Crippen molar-refractivity contribution in [2.24, 2.45) is 0 Å². The topological polar surface area (TPSA) is 94.6 Å². The molecule has 1 aromatic rings. The number of hydrogen-bond donors (Lipinski definition) is 1. The van der Waals surface area contributed by atoms with Gasteiger partial charge in [0, 0.05) is 24.4 Å². The van der Waals surface area contributed by atoms with Crippen LogP contribution in [-0.2, 0) is 30.3 Å². The molecule has 0 saturated heterocycles. The standard InChI is InChI=1S/C13H18N2O5S/c1-4-19-11(17)13(15-9(3)16,12(18)20-5-2)6-10-7-14-8-21-10/h7-8H,4-6H2,1-3H3,(H,15,16). The first-order valence-electron chi connectivity index (χ1n) is 6.46. The Morgan fingerprint density at radius 3 is 2.19 bits per heavy atom. The first-order chi connectivity index (χ1) is 9.96. The van der Waals surface area contributed by atoms with Crippen LogP contribution in [0.1, 0.15) is 25.6 Å². The lowest BCUT2D eigenvalue weighted by Crippen LogP contribution is -2.62. The van der Waals surface area contributed by atoms with Crippen molar-refractivity contribution in [1.29, 1.82) is 0 Å². The summed E-state index contributed by atoms with van der Waals surface area (Å²) in [7, 11) is 0. The van der Waals surface area contributed by atoms with Crippen molar-refractivity contribution in [3.8, 4) is 0 Å². The molecule has 7 nitrogen and oxygen atoms in total. The predicted octanol–water partition coefficient (Wildman–Crippen LogP) is 0.687. The summed E-state index contributed by atoms with van der Waals surface area (Å²) < 4.78 is 9.91. The number of thiazole rings is 1. The molecular formula is C13H18N2O5S. The Morgan fingerprint density at radius 2 is 1.81 bits per heavy atom. The molecule has 8 heteroatoms. The zero-order chi connectivity index (χ0) is 15.9. The molecule has 21 heavy (non-hydrogen) atoms. The van der Waals surface area contributed by atoms with Gasteiger partial charge in [0.25, 0.3) is 0 Å². The van der Waals surface area contributed by atoms with Gasteiger partial charge in [0.05, 0.1) is 18.7 Å². The van der Waals surface area contributed by atoms with Crippen molar-refractivity contribution >= 4 is 29.2 Å². The van der Waals surface area contributed by atoms with E-state index in [0.717, 1.165) is 0 Å². The second kappa shape index (κ2) is 7.72. The van der Waals surface area contributed by atoms with Gasteiger partial charge in [-0.1, -0.05) is 0 Å². The molecule has 0 aliphatic heterocycles. The fraction of sp³-hybridized carbons (Fsp3) is 0.538. The number of hydrogen-bond acceptors (Lipinski definition) is 7. The number of carbonyl (C=O) groups excluding carboxylic acids is 3. The average Bonchev–Trinajstić information content (AvgIpc) is 2.90. The first kappa shape index (κ1) is 17.1. The lowest BCUT2D eigenvalue weighted by atomic mass is 9.94. The van der Waals surface area contributed by atoms with Gasteiger partial charge in [0.1, 0.15) is 0 Å². The highest BCUT2D eigenvalue weighted by atomic mass is 32.1. The van der Waals surface area contributed by atoms with E-state index in [9.17, 15) is 14.4 Å². The summed E-state index contributed by atoms with van der Waals surface area (Å²) in [6.45, 7) is 4.63. The van der Waals surface area contributed by atoms with E-state index in [1.54, 1.807) is 19.4 Å². The van der Waals surface area contributed by atoms with Crippen molar-refractivity contribution in [2.45, 2.75) is 32.7 Å². The van der Waals surface area contributed by atoms with Gasteiger partial charge in [-0.2, -0.15) is 0 Å². The number of amides is 1. The Kier molecular flexibility index (Phi) is 6.29. The van der Waals surface area contributed by atoms with E-state index in [4.69, 9.17) is 9.47 Å². The third-order valence-electron chi connectivity index (χ3n) is 2.56. The fourth-order valence-corrected chi connectivity index (χ4v) is 2.45. The van der Waals surface area contributed by atoms with Gasteiger partial charge in [-0.15, -0.1) is 11.3 Å². The molecule has 0 aliphatic carbocycles. The van der Waals surface area contributed by atoms with Gasteiger partial charge in [-0.25, -0.2) is 9.59 Å². The lowest BCUT2D eigenvalue weighted by Gasteiger charge is -2.29. The van der Waals surface area contributed by atoms with Crippen molar-refractivity contribution in [3.05, 3.63) is 16.6 Å². The molecule has 1 aromatic heterocycles. The van der Waals surface area contributed by atoms with Crippen LogP contribution in [0.15, 0.2) is 11.7 Å². The van der Waals surface area contributed by atoms with Gasteiger partial charge in [0.2, 0.25) is 11.4 Å². The minimum Gasteiger partial charge on any atom is -0.464 e. The Balaban J connectivity index is 3.21. The molecule has 0 unspecified atom stereocenters. The molecule has 1 amide bonds. The molecule has 1 N–H and O–H groups in total. The smallest absolute Gasteiger partial charge is 0.344 e. The predicted molar refractivity (Wildman–Crippen MR) is 75.6 cm³/mol. The summed E-state index contributed by atoms with van der Waals surface area (Å²) in [5.74, 6) is -2.21. The normalized spacial score (nSPS) is 10.8. The van der Waals surface area contributed by atoms with E-state index >= 15 is 0 Å². The van der Waals surface area contributed by atoms with Gasteiger partial charge >= 0.3 is 11.9 Å². The van der Waals surface area contributed by atoms with Crippen molar-refractivity contribution in [2.75, 3.05) is 13.2 Å². The van der Waals surface area contributed by atoms with E-state index in [1.807, 2.05) is 0 Å². The second-order valence-corrected chi connectivity index (χ2v) is 5.14. The molecule has 0 spiro atoms. The van der Waals surface area contributed by atoms with Crippen molar-refractivity contribution in [3.63, 3.8) is 0 Å². The van der Waals surface area contributed by atoms with Gasteiger partial charge < -0.3 is 14.8 Å². The van der Waals surface area contributed by atoms with Gasteiger partial charge in [-0.05, 0) is 13.8 Å². The number of rotatable bonds is 7. The number of carbonyl (C=O) groups is 3. The third kappa shape index (κ3) is 4.25. The molecule has 0 bridgehead atoms. The zero-order valence-corrected chi connectivity index (χ0v) is 13.0. The molecule has 0 atom stereocenters. The number of nitrogens with zero attached hydrogens (tertiary/aromatic N) is 1. The number of aromatic nitrogens is 1. The molecule has 0 fully saturated rings. The van der Waals surface area contributed by atoms with Crippen LogP contribution in [0.5, 0.6) is 0 Å². The Morgan fingerprint density at radius 1 is 1.24 bits per heavy atom. The number of nitrogens with one attached hydrogen (secondary N) is 1. The molecular weight excluding hydrogens is 296 g/mol. The maximum atomic E-state index is 12.3. The van der Waals surface area contributed by atoms with Gasteiger partial charge in [-0.3, -0.25) is 9.78 Å². The molecule has 0 saturated carbocycles. The monoisotopic (exact) mass is 314 g/mol. The van der Waals surface area contributed by atoms with Gasteiger partial charge in [0.15, 0.2) is 0 Å². The van der Waals surface area contributed by atoms with E-state index in [0.29, 0.717) is 4.88 Å². The summed E-state index contributed by atoms with van der Waals surface area (Å²) in [5, 5.41) is 2.39. The average molecular weight is 314 g/mol. The SMILES string of the molecule is CCOC(=O)C(Cc1cncs1)(NC(C)=O)C(=O)OCC. The molecule has 0 aliphatic rings. The summed E-state index contributed by atoms with van der Waals surface area (Å²) in [4.78, 5) is 40.6. The van der Waals surface area contributed by atoms with Crippen LogP contribution >= 0.6 is 11.3 Å². The van der Waals surface area contributed by atoms with Crippen LogP contribution in [0.3, 0.4) is 0 Å². The van der Waals surface area contributed by atoms with Crippen LogP contribution < -0.4 is 5.32 Å². The minimum atomic E-state index is -1.88. The molecule has 116 valence electrons. The first-order valence-corrected chi connectivity index (χ1v) is 7.34. The van der Waals surface area contributed by atoms with Crippen LogP contribution in [-0.4, -0.2) is 41.6 Å². The molecule has 1 rings (SSSR count). The maximum Gasteiger partial charge on any atom is 0.344 e. The summed E-state index contributed by atoms with van der Waals surface area (Å²) in [6, 6.07) is 0. The third-order valence-corrected chi connectivity index (χ3v) is 3.34. The van der Waals surface area contributed by atoms with Crippen molar-refractivity contribution < 1.29 is 23.9 Å². The summed E-state index contributed by atoms with van der Waals surface area (Å²) >= 11 is 1.27. The Bertz CT molecular complexity index is 483.